The zero-order chi connectivity index (χ0) is 21.2. The molecule has 2 rings (SSSR count). The number of carbonyl (C=O) groups excluding carboxylic acids is 2. The summed E-state index contributed by atoms with van der Waals surface area (Å²) in [6, 6.07) is 12.3. The summed E-state index contributed by atoms with van der Waals surface area (Å²) in [5.41, 5.74) is 4.31. The molecule has 2 amide bonds. The highest BCUT2D eigenvalue weighted by Gasteiger charge is 2.16. The van der Waals surface area contributed by atoms with Gasteiger partial charge in [0, 0.05) is 5.56 Å². The number of hydrogen-bond donors (Lipinski definition) is 3. The molecule has 0 heterocycles. The second-order valence-corrected chi connectivity index (χ2v) is 6.26. The van der Waals surface area contributed by atoms with Crippen molar-refractivity contribution >= 4 is 18.0 Å². The molecular formula is C22H25N3O4. The Balaban J connectivity index is 2.01. The van der Waals surface area contributed by atoms with E-state index in [9.17, 15) is 14.7 Å². The molecule has 0 aliphatic rings. The number of benzene rings is 2. The molecule has 0 aliphatic carbocycles. The first kappa shape index (κ1) is 21.7. The van der Waals surface area contributed by atoms with Crippen LogP contribution >= 0.6 is 0 Å². The predicted octanol–water partition coefficient (Wildman–Crippen LogP) is 2.85. The molecule has 0 saturated carbocycles. The van der Waals surface area contributed by atoms with E-state index in [0.29, 0.717) is 29.9 Å². The average molecular weight is 395 g/mol. The Kier molecular flexibility index (Phi) is 7.97. The zero-order valence-corrected chi connectivity index (χ0v) is 16.5. The Bertz CT molecular complexity index is 894. The van der Waals surface area contributed by atoms with Gasteiger partial charge in [0.2, 0.25) is 0 Å². The summed E-state index contributed by atoms with van der Waals surface area (Å²) in [5, 5.41) is 16.6. The quantitative estimate of drug-likeness (QED) is 0.277. The van der Waals surface area contributed by atoms with Crippen LogP contribution in [0.4, 0.5) is 0 Å². The first-order chi connectivity index (χ1) is 14.0. The van der Waals surface area contributed by atoms with Crippen LogP contribution in [0.15, 0.2) is 60.2 Å². The van der Waals surface area contributed by atoms with Crippen molar-refractivity contribution in [2.45, 2.75) is 26.3 Å². The average Bonchev–Trinajstić information content (AvgIpc) is 2.72. The number of rotatable bonds is 8. The molecule has 2 aromatic carbocycles. The minimum Gasteiger partial charge on any atom is -0.504 e. The largest absolute Gasteiger partial charge is 0.504 e. The van der Waals surface area contributed by atoms with E-state index in [-0.39, 0.29) is 11.8 Å². The fourth-order valence-electron chi connectivity index (χ4n) is 2.64. The van der Waals surface area contributed by atoms with E-state index in [1.54, 1.807) is 25.1 Å². The third-order valence-electron chi connectivity index (χ3n) is 4.07. The van der Waals surface area contributed by atoms with Crippen LogP contribution in [0.3, 0.4) is 0 Å². The topological polar surface area (TPSA) is 100 Å². The number of aromatic hydroxyl groups is 1. The SMILES string of the molecule is C=CCc1cc(/C=N/NC(=O)C(=O)N[C@@H](C)c2ccccc2)cc(OCC)c1O. The molecule has 29 heavy (non-hydrogen) atoms. The van der Waals surface area contributed by atoms with Gasteiger partial charge in [-0.1, -0.05) is 36.4 Å². The molecule has 7 heteroatoms. The summed E-state index contributed by atoms with van der Waals surface area (Å²) in [6.45, 7) is 7.65. The van der Waals surface area contributed by atoms with Crippen LogP contribution in [0.25, 0.3) is 0 Å². The van der Waals surface area contributed by atoms with Crippen molar-refractivity contribution in [2.24, 2.45) is 5.10 Å². The van der Waals surface area contributed by atoms with Gasteiger partial charge >= 0.3 is 11.8 Å². The highest BCUT2D eigenvalue weighted by molar-refractivity contribution is 6.35. The minimum absolute atomic E-state index is 0.0437. The van der Waals surface area contributed by atoms with Gasteiger partial charge in [0.25, 0.3) is 0 Å². The van der Waals surface area contributed by atoms with Crippen LogP contribution in [0.1, 0.15) is 36.6 Å². The first-order valence-corrected chi connectivity index (χ1v) is 9.24. The number of hydrogen-bond acceptors (Lipinski definition) is 5. The molecule has 1 atom stereocenters. The van der Waals surface area contributed by atoms with E-state index < -0.39 is 11.8 Å². The van der Waals surface area contributed by atoms with Gasteiger partial charge in [-0.05, 0) is 43.5 Å². The maximum atomic E-state index is 12.0. The van der Waals surface area contributed by atoms with Crippen molar-refractivity contribution in [2.75, 3.05) is 6.61 Å². The summed E-state index contributed by atoms with van der Waals surface area (Å²) in [4.78, 5) is 24.0. The van der Waals surface area contributed by atoms with Gasteiger partial charge in [0.1, 0.15) is 0 Å². The summed E-state index contributed by atoms with van der Waals surface area (Å²) in [6.07, 6.45) is 3.48. The summed E-state index contributed by atoms with van der Waals surface area (Å²) >= 11 is 0. The molecule has 0 aromatic heterocycles. The number of nitrogens with one attached hydrogen (secondary N) is 2. The smallest absolute Gasteiger partial charge is 0.329 e. The lowest BCUT2D eigenvalue weighted by atomic mass is 10.1. The Morgan fingerprint density at radius 3 is 2.62 bits per heavy atom. The van der Waals surface area contributed by atoms with Gasteiger partial charge in [0.15, 0.2) is 11.5 Å². The number of nitrogens with zero attached hydrogens (tertiary/aromatic N) is 1. The van der Waals surface area contributed by atoms with Gasteiger partial charge in [-0.15, -0.1) is 6.58 Å². The standard InChI is InChI=1S/C22H25N3O4/c1-4-9-18-12-16(13-19(20(18)26)29-5-2)14-23-25-22(28)21(27)24-15(3)17-10-7-6-8-11-17/h4,6-8,10-15,26H,1,5,9H2,2-3H3,(H,24,27)(H,25,28)/b23-14+/t15-/m0/s1. The zero-order valence-electron chi connectivity index (χ0n) is 16.5. The van der Waals surface area contributed by atoms with Crippen molar-refractivity contribution in [3.05, 3.63) is 71.8 Å². The Morgan fingerprint density at radius 1 is 1.24 bits per heavy atom. The Hall–Kier alpha value is -3.61. The fourth-order valence-corrected chi connectivity index (χ4v) is 2.64. The van der Waals surface area contributed by atoms with E-state index >= 15 is 0 Å². The van der Waals surface area contributed by atoms with Crippen LogP contribution in [0.5, 0.6) is 11.5 Å². The van der Waals surface area contributed by atoms with Crippen LogP contribution in [0, 0.1) is 0 Å². The Labute approximate surface area is 170 Å². The van der Waals surface area contributed by atoms with Crippen molar-refractivity contribution in [1.29, 1.82) is 0 Å². The van der Waals surface area contributed by atoms with E-state index in [4.69, 9.17) is 4.74 Å². The van der Waals surface area contributed by atoms with Crippen LogP contribution < -0.4 is 15.5 Å². The maximum absolute atomic E-state index is 12.0. The molecule has 152 valence electrons. The lowest BCUT2D eigenvalue weighted by Crippen LogP contribution is -2.39. The summed E-state index contributed by atoms with van der Waals surface area (Å²) in [7, 11) is 0. The van der Waals surface area contributed by atoms with Crippen LogP contribution in [0.2, 0.25) is 0 Å². The van der Waals surface area contributed by atoms with Crippen LogP contribution in [-0.2, 0) is 16.0 Å². The number of allylic oxidation sites excluding steroid dienone is 1. The molecule has 0 spiro atoms. The number of ether oxygens (including phenoxy) is 1. The lowest BCUT2D eigenvalue weighted by Gasteiger charge is -2.13. The normalized spacial score (nSPS) is 11.7. The minimum atomic E-state index is -0.876. The summed E-state index contributed by atoms with van der Waals surface area (Å²) < 4.78 is 5.42. The third-order valence-corrected chi connectivity index (χ3v) is 4.07. The van der Waals surface area contributed by atoms with Crippen LogP contribution in [-0.4, -0.2) is 29.7 Å². The van der Waals surface area contributed by atoms with E-state index in [2.05, 4.69) is 22.4 Å². The Morgan fingerprint density at radius 2 is 1.97 bits per heavy atom. The highest BCUT2D eigenvalue weighted by atomic mass is 16.5. The van der Waals surface area contributed by atoms with Gasteiger partial charge in [-0.25, -0.2) is 5.43 Å². The van der Waals surface area contributed by atoms with Gasteiger partial charge < -0.3 is 15.2 Å². The van der Waals surface area contributed by atoms with Crippen molar-refractivity contribution in [1.82, 2.24) is 10.7 Å². The molecule has 0 bridgehead atoms. The molecular weight excluding hydrogens is 370 g/mol. The molecule has 0 radical (unpaired) electrons. The van der Waals surface area contributed by atoms with Gasteiger partial charge in [0.05, 0.1) is 18.9 Å². The monoisotopic (exact) mass is 395 g/mol. The second kappa shape index (κ2) is 10.7. The fraction of sp³-hybridized carbons (Fsp3) is 0.227. The third kappa shape index (κ3) is 6.21. The number of phenols is 1. The highest BCUT2D eigenvalue weighted by Crippen LogP contribution is 2.31. The van der Waals surface area contributed by atoms with E-state index in [0.717, 1.165) is 5.56 Å². The molecule has 7 nitrogen and oxygen atoms in total. The number of phenolic OH excluding ortho intramolecular Hbond substituents is 1. The number of amides is 2. The molecule has 0 saturated heterocycles. The molecule has 0 fully saturated rings. The lowest BCUT2D eigenvalue weighted by molar-refractivity contribution is -0.139. The van der Waals surface area contributed by atoms with Gasteiger partial charge in [-0.3, -0.25) is 9.59 Å². The molecule has 0 aliphatic heterocycles. The predicted molar refractivity (Wildman–Crippen MR) is 112 cm³/mol. The molecule has 3 N–H and O–H groups in total. The molecule has 2 aromatic rings. The first-order valence-electron chi connectivity index (χ1n) is 9.24. The van der Waals surface area contributed by atoms with Crippen molar-refractivity contribution in [3.8, 4) is 11.5 Å². The number of carbonyl (C=O) groups is 2. The summed E-state index contributed by atoms with van der Waals surface area (Å²) in [5.74, 6) is -1.30. The number of hydrazone groups is 1. The van der Waals surface area contributed by atoms with E-state index in [1.807, 2.05) is 37.3 Å². The van der Waals surface area contributed by atoms with Crippen molar-refractivity contribution < 1.29 is 19.4 Å². The second-order valence-electron chi connectivity index (χ2n) is 6.26. The van der Waals surface area contributed by atoms with E-state index in [1.165, 1.54) is 6.21 Å². The maximum Gasteiger partial charge on any atom is 0.329 e. The van der Waals surface area contributed by atoms with Gasteiger partial charge in [-0.2, -0.15) is 5.10 Å². The molecule has 0 unspecified atom stereocenters. The van der Waals surface area contributed by atoms with Crippen molar-refractivity contribution in [3.63, 3.8) is 0 Å².